The molecular weight excluding hydrogens is 276 g/mol. The Kier molecular flexibility index (Phi) is 3.76. The number of hydrogen-bond donors (Lipinski definition) is 1. The van der Waals surface area contributed by atoms with Crippen LogP contribution in [0, 0.1) is 6.92 Å². The zero-order valence-electron chi connectivity index (χ0n) is 11.8. The van der Waals surface area contributed by atoms with Gasteiger partial charge in [-0.15, -0.1) is 0 Å². The van der Waals surface area contributed by atoms with Crippen LogP contribution in [-0.4, -0.2) is 20.4 Å². The molecule has 0 radical (unpaired) electrons. The van der Waals surface area contributed by atoms with Gasteiger partial charge in [-0.1, -0.05) is 26.8 Å². The monoisotopic (exact) mass is 292 g/mol. The molecule has 1 aromatic carbocycles. The van der Waals surface area contributed by atoms with Crippen molar-refractivity contribution in [1.82, 2.24) is 9.36 Å². The number of nitrogens with zero attached hydrogens (tertiary/aromatic N) is 2. The van der Waals surface area contributed by atoms with E-state index in [4.69, 9.17) is 9.84 Å². The lowest BCUT2D eigenvalue weighted by Crippen LogP contribution is -2.13. The smallest absolute Gasteiger partial charge is 0.339 e. The maximum atomic E-state index is 11.2. The fourth-order valence-electron chi connectivity index (χ4n) is 1.54. The Morgan fingerprint density at radius 2 is 2.05 bits per heavy atom. The molecule has 0 bridgehead atoms. The van der Waals surface area contributed by atoms with Crippen molar-refractivity contribution in [2.24, 2.45) is 0 Å². The number of carbonyl (C=O) groups is 1. The molecule has 0 saturated carbocycles. The number of benzene rings is 1. The molecule has 20 heavy (non-hydrogen) atoms. The molecule has 0 spiro atoms. The van der Waals surface area contributed by atoms with E-state index in [-0.39, 0.29) is 16.7 Å². The van der Waals surface area contributed by atoms with E-state index in [0.717, 1.165) is 17.1 Å². The van der Waals surface area contributed by atoms with Gasteiger partial charge in [-0.05, 0) is 24.6 Å². The average Bonchev–Trinajstić information content (AvgIpc) is 2.76. The molecule has 0 aliphatic carbocycles. The Hall–Kier alpha value is -1.95. The molecule has 0 saturated heterocycles. The SMILES string of the molecule is Cc1ccc(C(=O)O)c(Oc2nc(C(C)(C)C)ns2)c1. The maximum absolute atomic E-state index is 11.2. The number of ether oxygens (including phenoxy) is 1. The summed E-state index contributed by atoms with van der Waals surface area (Å²) < 4.78 is 9.83. The number of rotatable bonds is 3. The van der Waals surface area contributed by atoms with Gasteiger partial charge in [0.25, 0.3) is 5.19 Å². The van der Waals surface area contributed by atoms with Gasteiger partial charge < -0.3 is 9.84 Å². The third-order valence-electron chi connectivity index (χ3n) is 2.64. The van der Waals surface area contributed by atoms with E-state index < -0.39 is 5.97 Å². The zero-order valence-corrected chi connectivity index (χ0v) is 12.6. The van der Waals surface area contributed by atoms with Crippen LogP contribution in [0.2, 0.25) is 0 Å². The van der Waals surface area contributed by atoms with Crippen molar-refractivity contribution in [3.05, 3.63) is 35.2 Å². The molecule has 1 N–H and O–H groups in total. The van der Waals surface area contributed by atoms with Crippen LogP contribution in [0.1, 0.15) is 42.5 Å². The zero-order chi connectivity index (χ0) is 14.9. The minimum atomic E-state index is -1.03. The van der Waals surface area contributed by atoms with Crippen molar-refractivity contribution in [3.8, 4) is 10.9 Å². The predicted octanol–water partition coefficient (Wildman–Crippen LogP) is 3.63. The maximum Gasteiger partial charge on any atom is 0.339 e. The van der Waals surface area contributed by atoms with Gasteiger partial charge in [0.05, 0.1) is 0 Å². The first-order valence-electron chi connectivity index (χ1n) is 6.13. The highest BCUT2D eigenvalue weighted by atomic mass is 32.1. The van der Waals surface area contributed by atoms with Crippen molar-refractivity contribution >= 4 is 17.5 Å². The van der Waals surface area contributed by atoms with Gasteiger partial charge in [0.2, 0.25) is 0 Å². The Labute approximate surface area is 121 Å². The fourth-order valence-corrected chi connectivity index (χ4v) is 2.27. The van der Waals surface area contributed by atoms with Crippen molar-refractivity contribution in [2.75, 3.05) is 0 Å². The first-order chi connectivity index (χ1) is 9.27. The summed E-state index contributed by atoms with van der Waals surface area (Å²) in [7, 11) is 0. The van der Waals surface area contributed by atoms with E-state index in [1.54, 1.807) is 12.1 Å². The number of carboxylic acid groups (broad SMARTS) is 1. The molecule has 2 rings (SSSR count). The van der Waals surface area contributed by atoms with Gasteiger partial charge in [0.15, 0.2) is 5.82 Å². The quantitative estimate of drug-likeness (QED) is 0.935. The van der Waals surface area contributed by atoms with Gasteiger partial charge in [0, 0.05) is 16.9 Å². The first kappa shape index (κ1) is 14.5. The van der Waals surface area contributed by atoms with Crippen molar-refractivity contribution in [3.63, 3.8) is 0 Å². The van der Waals surface area contributed by atoms with E-state index in [1.165, 1.54) is 6.07 Å². The van der Waals surface area contributed by atoms with Crippen LogP contribution in [0.15, 0.2) is 18.2 Å². The standard InChI is InChI=1S/C14H16N2O3S/c1-8-5-6-9(11(17)18)10(7-8)19-13-15-12(16-20-13)14(2,3)4/h5-7H,1-4H3,(H,17,18). The second-order valence-electron chi connectivity index (χ2n) is 5.54. The summed E-state index contributed by atoms with van der Waals surface area (Å²) in [5, 5.41) is 9.51. The van der Waals surface area contributed by atoms with E-state index in [1.807, 2.05) is 27.7 Å². The van der Waals surface area contributed by atoms with Gasteiger partial charge in [-0.3, -0.25) is 0 Å². The van der Waals surface area contributed by atoms with Crippen molar-refractivity contribution in [2.45, 2.75) is 33.1 Å². The molecule has 0 aliphatic rings. The molecule has 0 amide bonds. The van der Waals surface area contributed by atoms with E-state index in [0.29, 0.717) is 11.0 Å². The van der Waals surface area contributed by atoms with E-state index in [9.17, 15) is 4.79 Å². The Morgan fingerprint density at radius 3 is 2.60 bits per heavy atom. The molecule has 0 atom stereocenters. The summed E-state index contributed by atoms with van der Waals surface area (Å²) in [6, 6.07) is 4.94. The van der Waals surface area contributed by atoms with Gasteiger partial charge in [0.1, 0.15) is 11.3 Å². The van der Waals surface area contributed by atoms with Crippen LogP contribution in [0.5, 0.6) is 10.9 Å². The molecule has 0 aliphatic heterocycles. The molecule has 0 fully saturated rings. The van der Waals surface area contributed by atoms with Crippen LogP contribution in [0.3, 0.4) is 0 Å². The number of aromatic nitrogens is 2. The third kappa shape index (κ3) is 3.14. The highest BCUT2D eigenvalue weighted by molar-refractivity contribution is 7.07. The Morgan fingerprint density at radius 1 is 1.35 bits per heavy atom. The average molecular weight is 292 g/mol. The van der Waals surface area contributed by atoms with E-state index >= 15 is 0 Å². The van der Waals surface area contributed by atoms with Crippen molar-refractivity contribution < 1.29 is 14.6 Å². The highest BCUT2D eigenvalue weighted by Gasteiger charge is 2.21. The largest absolute Gasteiger partial charge is 0.478 e. The summed E-state index contributed by atoms with van der Waals surface area (Å²) in [6.07, 6.45) is 0. The van der Waals surface area contributed by atoms with Crippen LogP contribution >= 0.6 is 11.5 Å². The van der Waals surface area contributed by atoms with E-state index in [2.05, 4.69) is 9.36 Å². The molecule has 5 nitrogen and oxygen atoms in total. The number of aromatic carboxylic acids is 1. The van der Waals surface area contributed by atoms with Gasteiger partial charge in [-0.25, -0.2) is 4.79 Å². The van der Waals surface area contributed by atoms with Crippen LogP contribution in [0.4, 0.5) is 0 Å². The summed E-state index contributed by atoms with van der Waals surface area (Å²) in [6.45, 7) is 7.90. The predicted molar refractivity (Wildman–Crippen MR) is 76.8 cm³/mol. The highest BCUT2D eigenvalue weighted by Crippen LogP contribution is 2.30. The minimum absolute atomic E-state index is 0.114. The topological polar surface area (TPSA) is 72.3 Å². The first-order valence-corrected chi connectivity index (χ1v) is 6.90. The molecule has 0 unspecified atom stereocenters. The second kappa shape index (κ2) is 5.20. The number of carboxylic acids is 1. The van der Waals surface area contributed by atoms with Crippen molar-refractivity contribution in [1.29, 1.82) is 0 Å². The van der Waals surface area contributed by atoms with Gasteiger partial charge >= 0.3 is 5.97 Å². The Bertz CT molecular complexity index is 644. The number of hydrogen-bond acceptors (Lipinski definition) is 5. The summed E-state index contributed by atoms with van der Waals surface area (Å²) in [5.41, 5.74) is 0.869. The molecule has 1 heterocycles. The third-order valence-corrected chi connectivity index (χ3v) is 3.24. The van der Waals surface area contributed by atoms with Crippen LogP contribution < -0.4 is 4.74 Å². The molecule has 6 heteroatoms. The lowest BCUT2D eigenvalue weighted by molar-refractivity contribution is 0.0694. The van der Waals surface area contributed by atoms with Gasteiger partial charge in [-0.2, -0.15) is 9.36 Å². The summed E-state index contributed by atoms with van der Waals surface area (Å²) in [5.74, 6) is -0.0586. The summed E-state index contributed by atoms with van der Waals surface area (Å²) in [4.78, 5) is 15.5. The second-order valence-corrected chi connectivity index (χ2v) is 6.26. The van der Waals surface area contributed by atoms with Crippen LogP contribution in [-0.2, 0) is 5.41 Å². The fraction of sp³-hybridized carbons (Fsp3) is 0.357. The Balaban J connectivity index is 2.32. The normalized spacial score (nSPS) is 11.4. The molecular formula is C14H16N2O3S. The molecule has 1 aromatic heterocycles. The summed E-state index contributed by atoms with van der Waals surface area (Å²) >= 11 is 1.12. The minimum Gasteiger partial charge on any atom is -0.478 e. The number of aryl methyl sites for hydroxylation is 1. The lowest BCUT2D eigenvalue weighted by atomic mass is 9.96. The molecule has 2 aromatic rings. The van der Waals surface area contributed by atoms with Crippen LogP contribution in [0.25, 0.3) is 0 Å². The lowest BCUT2D eigenvalue weighted by Gasteiger charge is -2.12. The molecule has 106 valence electrons.